The Balaban J connectivity index is 0.00000208. The van der Waals surface area contributed by atoms with E-state index in [0.717, 1.165) is 16.1 Å². The summed E-state index contributed by atoms with van der Waals surface area (Å²) in [5.74, 6) is 0.115. The summed E-state index contributed by atoms with van der Waals surface area (Å²) in [6.45, 7) is 5.03. The van der Waals surface area contributed by atoms with Crippen LogP contribution in [0.1, 0.15) is 22.1 Å². The molecule has 0 bridgehead atoms. The van der Waals surface area contributed by atoms with Crippen molar-refractivity contribution in [2.24, 2.45) is 5.73 Å². The highest BCUT2D eigenvalue weighted by Crippen LogP contribution is 2.26. The molecule has 1 aliphatic heterocycles. The largest absolute Gasteiger partial charge is 0.339 e. The lowest BCUT2D eigenvalue weighted by atomic mass is 9.95. The third-order valence-corrected chi connectivity index (χ3v) is 5.61. The van der Waals surface area contributed by atoms with Crippen LogP contribution in [0, 0.1) is 13.8 Å². The van der Waals surface area contributed by atoms with E-state index in [9.17, 15) is 9.59 Å². The molecule has 3 rings (SSSR count). The number of aromatic nitrogens is 1. The summed E-state index contributed by atoms with van der Waals surface area (Å²) in [5.41, 5.74) is 8.27. The van der Waals surface area contributed by atoms with Gasteiger partial charge in [0.2, 0.25) is 5.91 Å². The Morgan fingerprint density at radius 2 is 1.92 bits per heavy atom. The summed E-state index contributed by atoms with van der Waals surface area (Å²) >= 11 is 1.19. The Kier molecular flexibility index (Phi) is 5.85. The topological polar surface area (TPSA) is 68.3 Å². The van der Waals surface area contributed by atoms with Crippen molar-refractivity contribution < 1.29 is 4.79 Å². The normalized spacial score (nSPS) is 20.0. The second kappa shape index (κ2) is 7.51. The predicted molar refractivity (Wildman–Crippen MR) is 99.0 cm³/mol. The average Bonchev–Trinajstić information content (AvgIpc) is 3.04. The number of nitrogens with two attached hydrogens (primary N) is 1. The number of likely N-dealkylation sites (tertiary alicyclic amines) is 1. The van der Waals surface area contributed by atoms with Crippen LogP contribution < -0.4 is 10.6 Å². The maximum absolute atomic E-state index is 12.6. The van der Waals surface area contributed by atoms with E-state index >= 15 is 0 Å². The molecular formula is C17H22ClN3O2S. The third kappa shape index (κ3) is 3.55. The molecule has 2 atom stereocenters. The summed E-state index contributed by atoms with van der Waals surface area (Å²) in [4.78, 5) is 27.2. The highest BCUT2D eigenvalue weighted by atomic mass is 35.5. The van der Waals surface area contributed by atoms with Crippen molar-refractivity contribution in [3.05, 3.63) is 56.1 Å². The van der Waals surface area contributed by atoms with Crippen molar-refractivity contribution in [1.82, 2.24) is 9.47 Å². The number of amides is 1. The fourth-order valence-electron chi connectivity index (χ4n) is 3.09. The van der Waals surface area contributed by atoms with Gasteiger partial charge in [0.1, 0.15) is 6.54 Å². The maximum atomic E-state index is 12.6. The molecule has 2 aromatic rings. The molecule has 1 saturated heterocycles. The summed E-state index contributed by atoms with van der Waals surface area (Å²) in [5, 5.41) is 0. The van der Waals surface area contributed by atoms with E-state index in [1.807, 2.05) is 32.0 Å². The molecule has 1 amide bonds. The first-order valence-electron chi connectivity index (χ1n) is 7.72. The first-order valence-corrected chi connectivity index (χ1v) is 8.54. The van der Waals surface area contributed by atoms with Gasteiger partial charge in [0.05, 0.1) is 0 Å². The van der Waals surface area contributed by atoms with Gasteiger partial charge in [0.15, 0.2) is 0 Å². The smallest absolute Gasteiger partial charge is 0.308 e. The van der Waals surface area contributed by atoms with Gasteiger partial charge in [0, 0.05) is 35.6 Å². The molecule has 1 aromatic heterocycles. The molecule has 0 aliphatic carbocycles. The predicted octanol–water partition coefficient (Wildman–Crippen LogP) is 1.90. The van der Waals surface area contributed by atoms with Gasteiger partial charge in [-0.15, -0.1) is 12.4 Å². The van der Waals surface area contributed by atoms with Gasteiger partial charge in [-0.1, -0.05) is 41.7 Å². The van der Waals surface area contributed by atoms with Crippen LogP contribution in [0.25, 0.3) is 0 Å². The standard InChI is InChI=1S/C17H21N3O2S.ClH/c1-11-12(2)23-17(22)20(11)10-16(21)19-8-14(15(18)9-19)13-6-4-3-5-7-13;/h3-7,14-15H,8-10,18H2,1-2H3;1H/t14-,15+;/m0./s1. The van der Waals surface area contributed by atoms with Gasteiger partial charge in [0.25, 0.3) is 0 Å². The van der Waals surface area contributed by atoms with Gasteiger partial charge < -0.3 is 10.6 Å². The zero-order valence-electron chi connectivity index (χ0n) is 13.8. The van der Waals surface area contributed by atoms with E-state index in [1.54, 1.807) is 9.47 Å². The molecule has 0 radical (unpaired) electrons. The number of halogens is 1. The number of thiazole rings is 1. The van der Waals surface area contributed by atoms with Gasteiger partial charge >= 0.3 is 4.87 Å². The number of rotatable bonds is 3. The van der Waals surface area contributed by atoms with Crippen LogP contribution in [0.5, 0.6) is 0 Å². The number of aryl methyl sites for hydroxylation is 1. The molecule has 0 saturated carbocycles. The zero-order valence-corrected chi connectivity index (χ0v) is 15.4. The van der Waals surface area contributed by atoms with E-state index in [-0.39, 0.29) is 41.7 Å². The minimum atomic E-state index is -0.0727. The molecule has 5 nitrogen and oxygen atoms in total. The van der Waals surface area contributed by atoms with Crippen LogP contribution in [0.2, 0.25) is 0 Å². The van der Waals surface area contributed by atoms with Crippen LogP contribution in [0.15, 0.2) is 35.1 Å². The van der Waals surface area contributed by atoms with E-state index in [2.05, 4.69) is 12.1 Å². The monoisotopic (exact) mass is 367 g/mol. The van der Waals surface area contributed by atoms with Crippen LogP contribution in [-0.4, -0.2) is 34.5 Å². The summed E-state index contributed by atoms with van der Waals surface area (Å²) in [6, 6.07) is 9.99. The zero-order chi connectivity index (χ0) is 16.6. The maximum Gasteiger partial charge on any atom is 0.308 e. The summed E-state index contributed by atoms with van der Waals surface area (Å²) in [6.07, 6.45) is 0. The Labute approximate surface area is 151 Å². The quantitative estimate of drug-likeness (QED) is 0.900. The van der Waals surface area contributed by atoms with Gasteiger partial charge in [-0.05, 0) is 19.4 Å². The first kappa shape index (κ1) is 18.7. The van der Waals surface area contributed by atoms with Gasteiger partial charge in [-0.2, -0.15) is 0 Å². The van der Waals surface area contributed by atoms with Crippen LogP contribution in [0.3, 0.4) is 0 Å². The highest BCUT2D eigenvalue weighted by Gasteiger charge is 2.34. The van der Waals surface area contributed by atoms with E-state index in [0.29, 0.717) is 13.1 Å². The molecule has 2 N–H and O–H groups in total. The van der Waals surface area contributed by atoms with Crippen molar-refractivity contribution >= 4 is 29.7 Å². The highest BCUT2D eigenvalue weighted by molar-refractivity contribution is 7.09. The molecular weight excluding hydrogens is 346 g/mol. The second-order valence-electron chi connectivity index (χ2n) is 6.08. The summed E-state index contributed by atoms with van der Waals surface area (Å²) < 4.78 is 1.56. The first-order chi connectivity index (χ1) is 11.0. The molecule has 1 aromatic carbocycles. The van der Waals surface area contributed by atoms with E-state index in [1.165, 1.54) is 11.3 Å². The van der Waals surface area contributed by atoms with Crippen LogP contribution in [0.4, 0.5) is 0 Å². The SMILES string of the molecule is Cc1sc(=O)n(CC(=O)N2C[C@@H](N)[C@H](c3ccccc3)C2)c1C.Cl. The van der Waals surface area contributed by atoms with Crippen molar-refractivity contribution in [2.45, 2.75) is 32.4 Å². The van der Waals surface area contributed by atoms with Crippen molar-refractivity contribution in [2.75, 3.05) is 13.1 Å². The molecule has 7 heteroatoms. The lowest BCUT2D eigenvalue weighted by molar-refractivity contribution is -0.130. The Bertz CT molecular complexity index is 772. The number of hydrogen-bond donors (Lipinski definition) is 1. The number of hydrogen-bond acceptors (Lipinski definition) is 4. The average molecular weight is 368 g/mol. The number of benzene rings is 1. The molecule has 130 valence electrons. The number of carbonyl (C=O) groups is 1. The fourth-order valence-corrected chi connectivity index (χ4v) is 3.92. The van der Waals surface area contributed by atoms with E-state index in [4.69, 9.17) is 5.73 Å². The fraction of sp³-hybridized carbons (Fsp3) is 0.412. The lowest BCUT2D eigenvalue weighted by Gasteiger charge is -2.17. The molecule has 1 fully saturated rings. The Morgan fingerprint density at radius 1 is 1.25 bits per heavy atom. The lowest BCUT2D eigenvalue weighted by Crippen LogP contribution is -2.36. The van der Waals surface area contributed by atoms with E-state index < -0.39 is 0 Å². The molecule has 2 heterocycles. The number of carbonyl (C=O) groups excluding carboxylic acids is 1. The minimum absolute atomic E-state index is 0. The third-order valence-electron chi connectivity index (χ3n) is 4.61. The van der Waals surface area contributed by atoms with Gasteiger partial charge in [-0.3, -0.25) is 14.2 Å². The second-order valence-corrected chi connectivity index (χ2v) is 7.24. The number of nitrogens with zero attached hydrogens (tertiary/aromatic N) is 2. The summed E-state index contributed by atoms with van der Waals surface area (Å²) in [7, 11) is 0. The molecule has 0 unspecified atom stereocenters. The van der Waals surface area contributed by atoms with Gasteiger partial charge in [-0.25, -0.2) is 0 Å². The van der Waals surface area contributed by atoms with Crippen molar-refractivity contribution in [1.29, 1.82) is 0 Å². The molecule has 24 heavy (non-hydrogen) atoms. The minimum Gasteiger partial charge on any atom is -0.339 e. The van der Waals surface area contributed by atoms with Crippen LogP contribution >= 0.6 is 23.7 Å². The Morgan fingerprint density at radius 3 is 2.50 bits per heavy atom. The van der Waals surface area contributed by atoms with Crippen molar-refractivity contribution in [3.8, 4) is 0 Å². The molecule has 0 spiro atoms. The van der Waals surface area contributed by atoms with Crippen molar-refractivity contribution in [3.63, 3.8) is 0 Å². The molecule has 1 aliphatic rings. The van der Waals surface area contributed by atoms with Crippen LogP contribution in [-0.2, 0) is 11.3 Å². The Hall–Kier alpha value is -1.63.